The van der Waals surface area contributed by atoms with Crippen LogP contribution in [0.15, 0.2) is 47.8 Å². The number of piperazine rings is 1. The number of thiazole rings is 1. The molecule has 0 atom stereocenters. The van der Waals surface area contributed by atoms with E-state index in [-0.39, 0.29) is 11.7 Å². The summed E-state index contributed by atoms with van der Waals surface area (Å²) in [6.45, 7) is 3.99. The van der Waals surface area contributed by atoms with Crippen molar-refractivity contribution < 1.29 is 18.7 Å². The highest BCUT2D eigenvalue weighted by atomic mass is 32.1. The van der Waals surface area contributed by atoms with Gasteiger partial charge in [-0.25, -0.2) is 9.37 Å². The van der Waals surface area contributed by atoms with Gasteiger partial charge in [-0.15, -0.1) is 11.3 Å². The van der Waals surface area contributed by atoms with Crippen LogP contribution in [-0.4, -0.2) is 67.6 Å². The maximum atomic E-state index is 13.9. The maximum Gasteiger partial charge on any atom is 0.240 e. The van der Waals surface area contributed by atoms with Gasteiger partial charge in [0.25, 0.3) is 0 Å². The van der Waals surface area contributed by atoms with Gasteiger partial charge in [-0.1, -0.05) is 18.2 Å². The van der Waals surface area contributed by atoms with Crippen molar-refractivity contribution in [2.45, 2.75) is 6.54 Å². The summed E-state index contributed by atoms with van der Waals surface area (Å²) in [4.78, 5) is 21.4. The second kappa shape index (κ2) is 10.7. The Kier molecular flexibility index (Phi) is 7.54. The Labute approximate surface area is 196 Å². The van der Waals surface area contributed by atoms with Crippen LogP contribution in [0.5, 0.6) is 11.5 Å². The first kappa shape index (κ1) is 23.2. The van der Waals surface area contributed by atoms with Gasteiger partial charge in [0.1, 0.15) is 17.3 Å². The Morgan fingerprint density at radius 2 is 1.85 bits per heavy atom. The third kappa shape index (κ3) is 5.87. The van der Waals surface area contributed by atoms with Gasteiger partial charge >= 0.3 is 0 Å². The number of nitrogens with zero attached hydrogens (tertiary/aromatic N) is 3. The highest BCUT2D eigenvalue weighted by Crippen LogP contribution is 2.34. The van der Waals surface area contributed by atoms with E-state index in [9.17, 15) is 9.18 Å². The van der Waals surface area contributed by atoms with Gasteiger partial charge in [-0.05, 0) is 18.2 Å². The number of halogens is 1. The molecule has 0 unspecified atom stereocenters. The molecule has 1 fully saturated rings. The van der Waals surface area contributed by atoms with Crippen molar-refractivity contribution in [3.63, 3.8) is 0 Å². The Bertz CT molecular complexity index is 1100. The Morgan fingerprint density at radius 3 is 2.58 bits per heavy atom. The Morgan fingerprint density at radius 1 is 1.09 bits per heavy atom. The normalized spacial score (nSPS) is 14.8. The Balaban J connectivity index is 1.28. The number of rotatable bonds is 8. The highest BCUT2D eigenvalue weighted by molar-refractivity contribution is 7.14. The molecule has 4 rings (SSSR count). The van der Waals surface area contributed by atoms with Crippen molar-refractivity contribution in [2.24, 2.45) is 0 Å². The summed E-state index contributed by atoms with van der Waals surface area (Å²) in [6, 6.07) is 12.4. The van der Waals surface area contributed by atoms with Gasteiger partial charge in [0, 0.05) is 55.3 Å². The Hall–Kier alpha value is -3.01. The van der Waals surface area contributed by atoms with Crippen LogP contribution in [0.3, 0.4) is 0 Å². The number of hydrogen-bond donors (Lipinski definition) is 1. The predicted molar refractivity (Wildman–Crippen MR) is 127 cm³/mol. The molecule has 1 aliphatic rings. The van der Waals surface area contributed by atoms with Gasteiger partial charge in [0.15, 0.2) is 5.13 Å². The molecule has 174 valence electrons. The highest BCUT2D eigenvalue weighted by Gasteiger charge is 2.20. The first-order valence-corrected chi connectivity index (χ1v) is 11.6. The lowest BCUT2D eigenvalue weighted by Crippen LogP contribution is -2.48. The fourth-order valence-corrected chi connectivity index (χ4v) is 4.53. The standard InChI is InChI=1S/C24H27FN4O3S/c1-31-18-7-8-19(22(13-18)32-2)21-16-33-24(26-21)27-23(30)15-29-11-9-28(10-12-29)14-17-5-3-4-6-20(17)25/h3-8,13,16H,9-12,14-15H2,1-2H3,(H,26,27,30). The summed E-state index contributed by atoms with van der Waals surface area (Å²) in [5.74, 6) is 1.09. The number of carbonyl (C=O) groups excluding carboxylic acids is 1. The third-order valence-corrected chi connectivity index (χ3v) is 6.38. The second-order valence-electron chi connectivity index (χ2n) is 7.80. The third-order valence-electron chi connectivity index (χ3n) is 5.62. The zero-order valence-corrected chi connectivity index (χ0v) is 19.5. The van der Waals surface area contributed by atoms with E-state index in [1.807, 2.05) is 29.6 Å². The molecular weight excluding hydrogens is 443 g/mol. The van der Waals surface area contributed by atoms with Crippen molar-refractivity contribution in [2.75, 3.05) is 52.3 Å². The first-order chi connectivity index (χ1) is 16.1. The van der Waals surface area contributed by atoms with E-state index in [2.05, 4.69) is 20.1 Å². The predicted octanol–water partition coefficient (Wildman–Crippen LogP) is 3.72. The SMILES string of the molecule is COc1ccc(-c2csc(NC(=O)CN3CCN(Cc4ccccc4F)CC3)n2)c(OC)c1. The number of benzene rings is 2. The number of aromatic nitrogens is 1. The van der Waals surface area contributed by atoms with E-state index in [4.69, 9.17) is 9.47 Å². The van der Waals surface area contributed by atoms with E-state index in [0.29, 0.717) is 35.3 Å². The lowest BCUT2D eigenvalue weighted by atomic mass is 10.1. The largest absolute Gasteiger partial charge is 0.497 e. The van der Waals surface area contributed by atoms with Crippen molar-refractivity contribution in [1.29, 1.82) is 0 Å². The van der Waals surface area contributed by atoms with E-state index in [0.717, 1.165) is 37.4 Å². The van der Waals surface area contributed by atoms with Crippen LogP contribution in [-0.2, 0) is 11.3 Å². The van der Waals surface area contributed by atoms with Crippen molar-refractivity contribution >= 4 is 22.4 Å². The van der Waals surface area contributed by atoms with Crippen LogP contribution in [0, 0.1) is 5.82 Å². The summed E-state index contributed by atoms with van der Waals surface area (Å²) >= 11 is 1.37. The van der Waals surface area contributed by atoms with Gasteiger partial charge in [0.2, 0.25) is 5.91 Å². The van der Waals surface area contributed by atoms with Crippen LogP contribution < -0.4 is 14.8 Å². The van der Waals surface area contributed by atoms with Gasteiger partial charge in [0.05, 0.1) is 26.5 Å². The summed E-state index contributed by atoms with van der Waals surface area (Å²) in [7, 11) is 3.21. The average molecular weight is 471 g/mol. The molecule has 0 bridgehead atoms. The summed E-state index contributed by atoms with van der Waals surface area (Å²) in [5.41, 5.74) is 2.27. The number of ether oxygens (including phenoxy) is 2. The van der Waals surface area contributed by atoms with Crippen LogP contribution in [0.2, 0.25) is 0 Å². The van der Waals surface area contributed by atoms with Crippen molar-refractivity contribution in [1.82, 2.24) is 14.8 Å². The fraction of sp³-hybridized carbons (Fsp3) is 0.333. The number of nitrogens with one attached hydrogen (secondary N) is 1. The fourth-order valence-electron chi connectivity index (χ4n) is 3.80. The zero-order chi connectivity index (χ0) is 23.2. The topological polar surface area (TPSA) is 66.9 Å². The number of amides is 1. The van der Waals surface area contributed by atoms with Crippen molar-refractivity contribution in [3.05, 3.63) is 59.2 Å². The molecule has 7 nitrogen and oxygen atoms in total. The molecule has 2 aromatic carbocycles. The minimum Gasteiger partial charge on any atom is -0.497 e. The molecule has 2 heterocycles. The number of anilines is 1. The molecule has 0 aliphatic carbocycles. The van der Waals surface area contributed by atoms with Crippen LogP contribution >= 0.6 is 11.3 Å². The lowest BCUT2D eigenvalue weighted by Gasteiger charge is -2.34. The summed E-state index contributed by atoms with van der Waals surface area (Å²) in [6.07, 6.45) is 0. The smallest absolute Gasteiger partial charge is 0.240 e. The lowest BCUT2D eigenvalue weighted by molar-refractivity contribution is -0.117. The van der Waals surface area contributed by atoms with E-state index < -0.39 is 0 Å². The van der Waals surface area contributed by atoms with E-state index >= 15 is 0 Å². The number of methoxy groups -OCH3 is 2. The second-order valence-corrected chi connectivity index (χ2v) is 8.65. The number of carbonyl (C=O) groups is 1. The summed E-state index contributed by atoms with van der Waals surface area (Å²) < 4.78 is 24.6. The minimum atomic E-state index is -0.172. The quantitative estimate of drug-likeness (QED) is 0.541. The molecule has 3 aromatic rings. The zero-order valence-electron chi connectivity index (χ0n) is 18.7. The molecule has 1 aliphatic heterocycles. The monoisotopic (exact) mass is 470 g/mol. The first-order valence-electron chi connectivity index (χ1n) is 10.7. The molecule has 1 amide bonds. The van der Waals surface area contributed by atoms with Crippen LogP contribution in [0.25, 0.3) is 11.3 Å². The molecule has 1 aromatic heterocycles. The van der Waals surface area contributed by atoms with Crippen molar-refractivity contribution in [3.8, 4) is 22.8 Å². The molecule has 0 spiro atoms. The minimum absolute atomic E-state index is 0.0971. The van der Waals surface area contributed by atoms with Gasteiger partial charge in [-0.3, -0.25) is 14.6 Å². The van der Waals surface area contributed by atoms with Gasteiger partial charge in [-0.2, -0.15) is 0 Å². The number of hydrogen-bond acceptors (Lipinski definition) is 7. The molecule has 0 radical (unpaired) electrons. The molecule has 0 saturated carbocycles. The van der Waals surface area contributed by atoms with Crippen LogP contribution in [0.1, 0.15) is 5.56 Å². The van der Waals surface area contributed by atoms with E-state index in [1.165, 1.54) is 17.4 Å². The molecule has 9 heteroatoms. The molecular formula is C24H27FN4O3S. The molecule has 1 saturated heterocycles. The maximum absolute atomic E-state index is 13.9. The summed E-state index contributed by atoms with van der Waals surface area (Å²) in [5, 5.41) is 5.33. The molecule has 1 N–H and O–H groups in total. The van der Waals surface area contributed by atoms with Gasteiger partial charge < -0.3 is 14.8 Å². The average Bonchev–Trinajstić information content (AvgIpc) is 3.29. The van der Waals surface area contributed by atoms with Crippen LogP contribution in [0.4, 0.5) is 9.52 Å². The molecule has 33 heavy (non-hydrogen) atoms. The van der Waals surface area contributed by atoms with E-state index in [1.54, 1.807) is 26.4 Å².